The van der Waals surface area contributed by atoms with Crippen LogP contribution in [0.3, 0.4) is 0 Å². The Kier molecular flexibility index (Phi) is 6.26. The van der Waals surface area contributed by atoms with Gasteiger partial charge in [-0.1, -0.05) is 6.92 Å². The minimum absolute atomic E-state index is 0.208. The average Bonchev–Trinajstić information content (AvgIpc) is 3.54. The summed E-state index contributed by atoms with van der Waals surface area (Å²) in [7, 11) is -2.19. The molecule has 0 aromatic carbocycles. The van der Waals surface area contributed by atoms with E-state index in [2.05, 4.69) is 34.5 Å². The molecule has 2 unspecified atom stereocenters. The molecule has 32 heavy (non-hydrogen) atoms. The topological polar surface area (TPSA) is 120 Å². The van der Waals surface area contributed by atoms with Crippen molar-refractivity contribution < 1.29 is 17.6 Å². The predicted octanol–water partition coefficient (Wildman–Crippen LogP) is 0.705. The first-order chi connectivity index (χ1) is 15.3. The van der Waals surface area contributed by atoms with E-state index in [0.29, 0.717) is 24.8 Å². The molecule has 0 radical (unpaired) electrons. The Labute approximate surface area is 186 Å². The molecule has 172 valence electrons. The second-order valence-corrected chi connectivity index (χ2v) is 9.29. The fourth-order valence-electron chi connectivity index (χ4n) is 4.08. The molecule has 10 nitrogen and oxygen atoms in total. The van der Waals surface area contributed by atoms with Crippen LogP contribution in [-0.2, 0) is 16.8 Å². The number of pyridine rings is 2. The zero-order chi connectivity index (χ0) is 22.9. The number of aromatic nitrogens is 2. The predicted molar refractivity (Wildman–Crippen MR) is 118 cm³/mol. The Morgan fingerprint density at radius 3 is 2.78 bits per heavy atom. The summed E-state index contributed by atoms with van der Waals surface area (Å²) < 4.78 is 42.9. The molecule has 0 spiro atoms. The van der Waals surface area contributed by atoms with E-state index in [4.69, 9.17) is 0 Å². The SMILES string of the molecule is CCNS(=O)(=O)Nc1cc(CN2CCN(c3cnc(C(=O)NC)c(F)c3)C3CC32)ccn1. The fraction of sp³-hybridized carbons (Fsp3) is 0.450. The molecule has 4 rings (SSSR count). The van der Waals surface area contributed by atoms with Crippen LogP contribution in [-0.4, -0.2) is 68.0 Å². The van der Waals surface area contributed by atoms with Gasteiger partial charge >= 0.3 is 0 Å². The van der Waals surface area contributed by atoms with Crippen molar-refractivity contribution in [2.75, 3.05) is 36.3 Å². The molecule has 1 aliphatic heterocycles. The maximum Gasteiger partial charge on any atom is 0.300 e. The lowest BCUT2D eigenvalue weighted by molar-refractivity contribution is 0.0953. The zero-order valence-corrected chi connectivity index (χ0v) is 18.7. The first kappa shape index (κ1) is 22.4. The Morgan fingerprint density at radius 1 is 1.25 bits per heavy atom. The van der Waals surface area contributed by atoms with Crippen LogP contribution in [0.5, 0.6) is 0 Å². The Morgan fingerprint density at radius 2 is 2.06 bits per heavy atom. The van der Waals surface area contributed by atoms with Gasteiger partial charge in [-0.3, -0.25) is 14.4 Å². The third-order valence-corrected chi connectivity index (χ3v) is 6.75. The number of rotatable bonds is 8. The van der Waals surface area contributed by atoms with Crippen LogP contribution in [0.25, 0.3) is 0 Å². The summed E-state index contributed by atoms with van der Waals surface area (Å²) >= 11 is 0. The van der Waals surface area contributed by atoms with Crippen LogP contribution >= 0.6 is 0 Å². The zero-order valence-electron chi connectivity index (χ0n) is 17.9. The molecular weight excluding hydrogens is 437 g/mol. The van der Waals surface area contributed by atoms with Gasteiger partial charge in [-0.15, -0.1) is 0 Å². The quantitative estimate of drug-likeness (QED) is 0.527. The highest BCUT2D eigenvalue weighted by molar-refractivity contribution is 7.90. The van der Waals surface area contributed by atoms with Crippen LogP contribution in [0.1, 0.15) is 29.4 Å². The van der Waals surface area contributed by atoms with E-state index < -0.39 is 21.9 Å². The maximum absolute atomic E-state index is 14.3. The van der Waals surface area contributed by atoms with Gasteiger partial charge < -0.3 is 10.2 Å². The highest BCUT2D eigenvalue weighted by atomic mass is 32.2. The molecule has 2 fully saturated rings. The monoisotopic (exact) mass is 463 g/mol. The number of anilines is 2. The van der Waals surface area contributed by atoms with E-state index in [1.54, 1.807) is 25.4 Å². The largest absolute Gasteiger partial charge is 0.364 e. The van der Waals surface area contributed by atoms with Gasteiger partial charge in [0.1, 0.15) is 5.82 Å². The van der Waals surface area contributed by atoms with Gasteiger partial charge in [0.15, 0.2) is 11.5 Å². The number of halogens is 1. The van der Waals surface area contributed by atoms with Crippen LogP contribution in [0.4, 0.5) is 15.9 Å². The normalized spacial score (nSPS) is 20.5. The number of carbonyl (C=O) groups is 1. The molecular formula is C20H26FN7O3S. The molecule has 0 bridgehead atoms. The molecule has 1 saturated heterocycles. The standard InChI is InChI=1S/C20H26FN7O3S/c1-3-25-32(30,31)26-18-8-13(4-5-23-18)12-27-6-7-28(17-10-16(17)27)14-9-15(21)19(24-11-14)20(29)22-2/h4-5,8-9,11,16-17,25H,3,6-7,10,12H2,1-2H3,(H,22,29)(H,23,26). The smallest absolute Gasteiger partial charge is 0.300 e. The van der Waals surface area contributed by atoms with E-state index in [1.807, 2.05) is 6.07 Å². The van der Waals surface area contributed by atoms with Gasteiger partial charge in [-0.05, 0) is 24.1 Å². The highest BCUT2D eigenvalue weighted by Crippen LogP contribution is 2.40. The van der Waals surface area contributed by atoms with Gasteiger partial charge in [0, 0.05) is 57.6 Å². The summed E-state index contributed by atoms with van der Waals surface area (Å²) in [6.45, 7) is 4.12. The maximum atomic E-state index is 14.3. The van der Waals surface area contributed by atoms with Crippen LogP contribution in [0.15, 0.2) is 30.6 Å². The molecule has 12 heteroatoms. The third-order valence-electron chi connectivity index (χ3n) is 5.61. The molecule has 1 amide bonds. The molecule has 2 atom stereocenters. The van der Waals surface area contributed by atoms with Gasteiger partial charge in [-0.2, -0.15) is 13.1 Å². The van der Waals surface area contributed by atoms with E-state index in [-0.39, 0.29) is 24.1 Å². The van der Waals surface area contributed by atoms with Crippen molar-refractivity contribution in [3.63, 3.8) is 0 Å². The minimum atomic E-state index is -3.63. The number of nitrogens with zero attached hydrogens (tertiary/aromatic N) is 4. The van der Waals surface area contributed by atoms with E-state index >= 15 is 0 Å². The van der Waals surface area contributed by atoms with Gasteiger partial charge in [-0.25, -0.2) is 14.4 Å². The number of amides is 1. The second kappa shape index (κ2) is 8.96. The third kappa shape index (κ3) is 4.81. The molecule has 3 N–H and O–H groups in total. The Balaban J connectivity index is 1.40. The average molecular weight is 464 g/mol. The lowest BCUT2D eigenvalue weighted by Gasteiger charge is -2.35. The molecule has 2 aliphatic rings. The molecule has 3 heterocycles. The molecule has 2 aromatic heterocycles. The van der Waals surface area contributed by atoms with Crippen molar-refractivity contribution in [3.8, 4) is 0 Å². The lowest BCUT2D eigenvalue weighted by Crippen LogP contribution is -2.46. The number of hydrogen-bond acceptors (Lipinski definition) is 7. The number of carbonyl (C=O) groups excluding carboxylic acids is 1. The van der Waals surface area contributed by atoms with Gasteiger partial charge in [0.2, 0.25) is 0 Å². The lowest BCUT2D eigenvalue weighted by atomic mass is 10.2. The van der Waals surface area contributed by atoms with Crippen LogP contribution in [0, 0.1) is 5.82 Å². The van der Waals surface area contributed by atoms with Crippen molar-refractivity contribution in [1.82, 2.24) is 24.9 Å². The van der Waals surface area contributed by atoms with Crippen LogP contribution in [0.2, 0.25) is 0 Å². The van der Waals surface area contributed by atoms with Crippen molar-refractivity contribution in [2.45, 2.75) is 32.0 Å². The number of piperazine rings is 1. The molecule has 1 saturated carbocycles. The number of hydrogen-bond donors (Lipinski definition) is 3. The first-order valence-corrected chi connectivity index (χ1v) is 11.9. The van der Waals surface area contributed by atoms with Crippen molar-refractivity contribution >= 4 is 27.6 Å². The summed E-state index contributed by atoms with van der Waals surface area (Å²) in [4.78, 5) is 24.2. The van der Waals surface area contributed by atoms with E-state index in [9.17, 15) is 17.6 Å². The van der Waals surface area contributed by atoms with Gasteiger partial charge in [0.05, 0.1) is 11.9 Å². The van der Waals surface area contributed by atoms with Crippen LogP contribution < -0.4 is 19.7 Å². The Hall–Kier alpha value is -2.83. The van der Waals surface area contributed by atoms with Crippen molar-refractivity contribution in [3.05, 3.63) is 47.7 Å². The number of fused-ring (bicyclic) bond motifs is 1. The summed E-state index contributed by atoms with van der Waals surface area (Å²) in [6, 6.07) is 5.54. The van der Waals surface area contributed by atoms with Crippen molar-refractivity contribution in [2.24, 2.45) is 0 Å². The number of nitrogens with one attached hydrogen (secondary N) is 3. The van der Waals surface area contributed by atoms with Crippen molar-refractivity contribution in [1.29, 1.82) is 0 Å². The second-order valence-electron chi connectivity index (χ2n) is 7.79. The molecule has 1 aliphatic carbocycles. The summed E-state index contributed by atoms with van der Waals surface area (Å²) in [5.41, 5.74) is 1.42. The van der Waals surface area contributed by atoms with E-state index in [0.717, 1.165) is 18.5 Å². The minimum Gasteiger partial charge on any atom is -0.364 e. The highest BCUT2D eigenvalue weighted by Gasteiger charge is 2.49. The first-order valence-electron chi connectivity index (χ1n) is 10.4. The summed E-state index contributed by atoms with van der Waals surface area (Å²) in [5.74, 6) is -0.911. The summed E-state index contributed by atoms with van der Waals surface area (Å²) in [6.07, 6.45) is 4.08. The summed E-state index contributed by atoms with van der Waals surface area (Å²) in [5, 5.41) is 2.38. The van der Waals surface area contributed by atoms with Gasteiger partial charge in [0.25, 0.3) is 16.1 Å². The fourth-order valence-corrected chi connectivity index (χ4v) is 4.92. The Bertz CT molecular complexity index is 1110. The molecule has 2 aromatic rings. The van der Waals surface area contributed by atoms with E-state index in [1.165, 1.54) is 13.1 Å².